The van der Waals surface area contributed by atoms with E-state index in [0.29, 0.717) is 21.6 Å². The molecule has 0 atom stereocenters. The Labute approximate surface area is 197 Å². The number of carbonyl (C=O) groups excluding carboxylic acids is 3. The van der Waals surface area contributed by atoms with E-state index in [2.05, 4.69) is 9.97 Å². The van der Waals surface area contributed by atoms with E-state index in [4.69, 9.17) is 16.3 Å². The van der Waals surface area contributed by atoms with E-state index in [0.717, 1.165) is 10.5 Å². The van der Waals surface area contributed by atoms with Gasteiger partial charge in [0, 0.05) is 5.02 Å². The van der Waals surface area contributed by atoms with E-state index >= 15 is 0 Å². The van der Waals surface area contributed by atoms with Crippen LogP contribution in [0.5, 0.6) is 0 Å². The van der Waals surface area contributed by atoms with Crippen LogP contribution >= 0.6 is 11.6 Å². The molecule has 8 nitrogen and oxygen atoms in total. The van der Waals surface area contributed by atoms with Crippen molar-refractivity contribution < 1.29 is 19.1 Å². The molecule has 0 radical (unpaired) electrons. The predicted molar refractivity (Wildman–Crippen MR) is 125 cm³/mol. The maximum absolute atomic E-state index is 12.9. The van der Waals surface area contributed by atoms with Gasteiger partial charge in [-0.05, 0) is 61.0 Å². The van der Waals surface area contributed by atoms with Gasteiger partial charge < -0.3 is 9.72 Å². The van der Waals surface area contributed by atoms with Crippen molar-refractivity contribution in [3.8, 4) is 0 Å². The van der Waals surface area contributed by atoms with E-state index in [1.807, 2.05) is 13.0 Å². The van der Waals surface area contributed by atoms with Crippen LogP contribution in [0.25, 0.3) is 10.9 Å². The number of halogens is 1. The van der Waals surface area contributed by atoms with Crippen LogP contribution in [0.1, 0.15) is 42.5 Å². The van der Waals surface area contributed by atoms with Crippen molar-refractivity contribution in [3.63, 3.8) is 0 Å². The summed E-state index contributed by atoms with van der Waals surface area (Å²) in [5.74, 6) is -1.56. The van der Waals surface area contributed by atoms with Gasteiger partial charge in [-0.15, -0.1) is 0 Å². The summed E-state index contributed by atoms with van der Waals surface area (Å²) in [6, 6.07) is 15.7. The molecular weight excluding hydrogens is 458 g/mol. The fraction of sp³-hybridized carbons (Fsp3) is 0.0800. The van der Waals surface area contributed by atoms with Gasteiger partial charge >= 0.3 is 5.97 Å². The van der Waals surface area contributed by atoms with Gasteiger partial charge in [0.1, 0.15) is 12.4 Å². The van der Waals surface area contributed by atoms with Crippen molar-refractivity contribution in [1.82, 2.24) is 9.97 Å². The van der Waals surface area contributed by atoms with Crippen molar-refractivity contribution in [2.24, 2.45) is 0 Å². The largest absolute Gasteiger partial charge is 0.454 e. The van der Waals surface area contributed by atoms with Crippen LogP contribution in [-0.4, -0.2) is 27.8 Å². The number of aryl methyl sites for hydroxylation is 1. The number of fused-ring (bicyclic) bond motifs is 2. The number of ether oxygens (including phenoxy) is 1. The number of nitrogens with one attached hydrogen (secondary N) is 1. The van der Waals surface area contributed by atoms with Gasteiger partial charge in [-0.2, -0.15) is 0 Å². The Balaban J connectivity index is 1.37. The summed E-state index contributed by atoms with van der Waals surface area (Å²) >= 11 is 5.89. The standard InChI is InChI=1S/C25H16ClN3O5/c1-13-3-2-4-18-21(13)27-20(28-22(18)30)12-34-25(33)14-5-10-17-19(11-14)24(32)29(23(17)31)16-8-6-15(26)7-9-16/h2-11H,12H2,1H3,(H,27,28,30). The highest BCUT2D eigenvalue weighted by molar-refractivity contribution is 6.35. The number of hydrogen-bond acceptors (Lipinski definition) is 6. The predicted octanol–water partition coefficient (Wildman–Crippen LogP) is 4.04. The summed E-state index contributed by atoms with van der Waals surface area (Å²) in [5.41, 5.74) is 1.78. The normalized spacial score (nSPS) is 12.8. The molecular formula is C25H16ClN3O5. The molecule has 1 N–H and O–H groups in total. The Kier molecular flexibility index (Phi) is 5.22. The minimum atomic E-state index is -0.722. The van der Waals surface area contributed by atoms with Crippen LogP contribution in [0.2, 0.25) is 5.02 Å². The molecule has 168 valence electrons. The fourth-order valence-electron chi connectivity index (χ4n) is 3.83. The van der Waals surface area contributed by atoms with Gasteiger partial charge in [0.05, 0.1) is 33.3 Å². The fourth-order valence-corrected chi connectivity index (χ4v) is 3.96. The van der Waals surface area contributed by atoms with Gasteiger partial charge in [-0.25, -0.2) is 14.7 Å². The molecule has 0 spiro atoms. The van der Waals surface area contributed by atoms with E-state index in [9.17, 15) is 19.2 Å². The first-order chi connectivity index (χ1) is 16.3. The van der Waals surface area contributed by atoms with Crippen molar-refractivity contribution in [3.05, 3.63) is 104 Å². The summed E-state index contributed by atoms with van der Waals surface area (Å²) in [5, 5.41) is 0.921. The first-order valence-electron chi connectivity index (χ1n) is 10.3. The molecule has 1 aliphatic rings. The first-order valence-corrected chi connectivity index (χ1v) is 10.7. The lowest BCUT2D eigenvalue weighted by Gasteiger charge is -2.13. The van der Waals surface area contributed by atoms with Crippen LogP contribution in [0.15, 0.2) is 65.5 Å². The number of para-hydroxylation sites is 1. The lowest BCUT2D eigenvalue weighted by molar-refractivity contribution is 0.0462. The number of aromatic amines is 1. The van der Waals surface area contributed by atoms with Gasteiger partial charge in [0.15, 0.2) is 0 Å². The number of amides is 2. The second-order valence-electron chi connectivity index (χ2n) is 7.74. The Hall–Kier alpha value is -4.30. The molecule has 2 heterocycles. The lowest BCUT2D eigenvalue weighted by atomic mass is 10.1. The highest BCUT2D eigenvalue weighted by Gasteiger charge is 2.37. The topological polar surface area (TPSA) is 109 Å². The summed E-state index contributed by atoms with van der Waals surface area (Å²) in [6.07, 6.45) is 0. The highest BCUT2D eigenvalue weighted by Crippen LogP contribution is 2.30. The third kappa shape index (κ3) is 3.64. The van der Waals surface area contributed by atoms with Crippen molar-refractivity contribution in [2.75, 3.05) is 4.90 Å². The van der Waals surface area contributed by atoms with Crippen LogP contribution in [-0.2, 0) is 11.3 Å². The zero-order valence-electron chi connectivity index (χ0n) is 17.8. The van der Waals surface area contributed by atoms with E-state index in [1.165, 1.54) is 18.2 Å². The van der Waals surface area contributed by atoms with Crippen LogP contribution in [0.3, 0.4) is 0 Å². The quantitative estimate of drug-likeness (QED) is 0.354. The summed E-state index contributed by atoms with van der Waals surface area (Å²) in [6.45, 7) is 1.57. The Morgan fingerprint density at radius 3 is 2.50 bits per heavy atom. The number of rotatable bonds is 4. The maximum Gasteiger partial charge on any atom is 0.338 e. The first kappa shape index (κ1) is 21.5. The van der Waals surface area contributed by atoms with Crippen molar-refractivity contribution in [1.29, 1.82) is 0 Å². The third-order valence-corrected chi connectivity index (χ3v) is 5.79. The molecule has 0 bridgehead atoms. The molecule has 3 aromatic carbocycles. The van der Waals surface area contributed by atoms with E-state index in [-0.39, 0.29) is 34.7 Å². The van der Waals surface area contributed by atoms with Crippen molar-refractivity contribution >= 4 is 46.0 Å². The number of anilines is 1. The molecule has 9 heteroatoms. The zero-order chi connectivity index (χ0) is 24.0. The summed E-state index contributed by atoms with van der Waals surface area (Å²) < 4.78 is 5.31. The lowest BCUT2D eigenvalue weighted by Crippen LogP contribution is -2.29. The summed E-state index contributed by atoms with van der Waals surface area (Å²) in [7, 11) is 0. The number of carbonyl (C=O) groups is 3. The molecule has 4 aromatic rings. The summed E-state index contributed by atoms with van der Waals surface area (Å²) in [4.78, 5) is 58.7. The molecule has 0 saturated carbocycles. The molecule has 1 aromatic heterocycles. The molecule has 0 unspecified atom stereocenters. The van der Waals surface area contributed by atoms with E-state index in [1.54, 1.807) is 36.4 Å². The number of hydrogen-bond donors (Lipinski definition) is 1. The molecule has 2 amide bonds. The van der Waals surface area contributed by atoms with Crippen LogP contribution in [0, 0.1) is 6.92 Å². The minimum Gasteiger partial charge on any atom is -0.454 e. The third-order valence-electron chi connectivity index (χ3n) is 5.53. The van der Waals surface area contributed by atoms with Crippen molar-refractivity contribution in [2.45, 2.75) is 13.5 Å². The molecule has 0 aliphatic carbocycles. The molecule has 0 fully saturated rings. The van der Waals surface area contributed by atoms with Crippen LogP contribution < -0.4 is 10.5 Å². The maximum atomic E-state index is 12.9. The Morgan fingerprint density at radius 1 is 1.00 bits per heavy atom. The van der Waals surface area contributed by atoms with Gasteiger partial charge in [0.2, 0.25) is 0 Å². The SMILES string of the molecule is Cc1cccc2c(=O)[nH]c(COC(=O)c3ccc4c(c3)C(=O)N(c3ccc(Cl)cc3)C4=O)nc12. The van der Waals surface area contributed by atoms with Gasteiger partial charge in [0.25, 0.3) is 17.4 Å². The Bertz CT molecular complexity index is 1560. The van der Waals surface area contributed by atoms with Gasteiger partial charge in [-0.3, -0.25) is 14.4 Å². The number of nitrogens with zero attached hydrogens (tertiary/aromatic N) is 2. The second-order valence-corrected chi connectivity index (χ2v) is 8.18. The second kappa shape index (κ2) is 8.24. The molecule has 1 aliphatic heterocycles. The Morgan fingerprint density at radius 2 is 1.74 bits per heavy atom. The number of aromatic nitrogens is 2. The average molecular weight is 474 g/mol. The highest BCUT2D eigenvalue weighted by atomic mass is 35.5. The van der Waals surface area contributed by atoms with E-state index < -0.39 is 17.8 Å². The van der Waals surface area contributed by atoms with Crippen LogP contribution in [0.4, 0.5) is 5.69 Å². The number of esters is 1. The number of H-pyrrole nitrogens is 1. The average Bonchev–Trinajstić information content (AvgIpc) is 3.08. The monoisotopic (exact) mass is 473 g/mol. The molecule has 34 heavy (non-hydrogen) atoms. The zero-order valence-corrected chi connectivity index (χ0v) is 18.6. The smallest absolute Gasteiger partial charge is 0.338 e. The number of benzene rings is 3. The number of imide groups is 1. The minimum absolute atomic E-state index is 0.0946. The van der Waals surface area contributed by atoms with Gasteiger partial charge in [-0.1, -0.05) is 23.7 Å². The molecule has 5 rings (SSSR count). The molecule has 0 saturated heterocycles.